The minimum atomic E-state index is -3.96. The van der Waals surface area contributed by atoms with Crippen LogP contribution in [0.25, 0.3) is 10.2 Å². The zero-order valence-corrected chi connectivity index (χ0v) is 15.4. The maximum absolute atomic E-state index is 13.3. The van der Waals surface area contributed by atoms with Crippen LogP contribution in [0, 0.1) is 5.82 Å². The normalized spacial score (nSPS) is 11.3. The van der Waals surface area contributed by atoms with Gasteiger partial charge in [0.1, 0.15) is 11.6 Å². The van der Waals surface area contributed by atoms with Gasteiger partial charge in [-0.3, -0.25) is 9.52 Å². The summed E-state index contributed by atoms with van der Waals surface area (Å²) in [6, 6.07) is 8.08. The number of hydrogen-bond acceptors (Lipinski definition) is 6. The maximum atomic E-state index is 13.3. The lowest BCUT2D eigenvalue weighted by Gasteiger charge is -2.11. The highest BCUT2D eigenvalue weighted by atomic mass is 32.2. The number of nitrogens with one attached hydrogen (secondary N) is 2. The number of sulfonamides is 1. The highest BCUT2D eigenvalue weighted by molar-refractivity contribution is 7.93. The van der Waals surface area contributed by atoms with Crippen molar-refractivity contribution in [3.05, 3.63) is 42.2 Å². The minimum absolute atomic E-state index is 0.0764. The van der Waals surface area contributed by atoms with E-state index < -0.39 is 15.8 Å². The second kappa shape index (κ2) is 6.89. The fourth-order valence-corrected chi connectivity index (χ4v) is 4.41. The average Bonchev–Trinajstić information content (AvgIpc) is 2.94. The first kappa shape index (κ1) is 18.1. The zero-order valence-electron chi connectivity index (χ0n) is 13.7. The number of methoxy groups -OCH3 is 1. The van der Waals surface area contributed by atoms with Gasteiger partial charge in [-0.2, -0.15) is 0 Å². The Hall–Kier alpha value is -2.72. The molecule has 0 spiro atoms. The van der Waals surface area contributed by atoms with Crippen molar-refractivity contribution >= 4 is 48.3 Å². The molecule has 0 atom stereocenters. The molecule has 0 aliphatic rings. The summed E-state index contributed by atoms with van der Waals surface area (Å²) in [5.74, 6) is -0.459. The lowest BCUT2D eigenvalue weighted by molar-refractivity contribution is -0.114. The first-order valence-corrected chi connectivity index (χ1v) is 9.63. The second-order valence-electron chi connectivity index (χ2n) is 5.28. The van der Waals surface area contributed by atoms with Gasteiger partial charge in [0.05, 0.1) is 27.9 Å². The van der Waals surface area contributed by atoms with Gasteiger partial charge in [0.2, 0.25) is 5.91 Å². The molecule has 0 fully saturated rings. The molecule has 0 saturated carbocycles. The lowest BCUT2D eigenvalue weighted by Crippen LogP contribution is -2.14. The number of aromatic nitrogens is 1. The van der Waals surface area contributed by atoms with Crippen LogP contribution >= 0.6 is 11.3 Å². The number of benzene rings is 2. The Morgan fingerprint density at radius 2 is 2.00 bits per heavy atom. The van der Waals surface area contributed by atoms with Gasteiger partial charge in [-0.25, -0.2) is 17.8 Å². The fourth-order valence-electron chi connectivity index (χ4n) is 2.26. The summed E-state index contributed by atoms with van der Waals surface area (Å²) < 4.78 is 46.5. The molecule has 10 heteroatoms. The zero-order chi connectivity index (χ0) is 18.9. The summed E-state index contributed by atoms with van der Waals surface area (Å²) in [5, 5.41) is 2.63. The molecule has 2 aromatic carbocycles. The largest absolute Gasteiger partial charge is 0.495 e. The molecule has 0 bridgehead atoms. The third-order valence-electron chi connectivity index (χ3n) is 3.36. The van der Waals surface area contributed by atoms with Crippen molar-refractivity contribution in [2.45, 2.75) is 11.8 Å². The highest BCUT2D eigenvalue weighted by Crippen LogP contribution is 2.31. The van der Waals surface area contributed by atoms with Crippen LogP contribution < -0.4 is 14.8 Å². The number of thiazole rings is 1. The molecular weight excluding hydrogens is 381 g/mol. The molecule has 3 rings (SSSR count). The third-order valence-corrected chi connectivity index (χ3v) is 5.76. The molecule has 0 aliphatic carbocycles. The summed E-state index contributed by atoms with van der Waals surface area (Å²) >= 11 is 1.02. The van der Waals surface area contributed by atoms with Crippen LogP contribution in [0.1, 0.15) is 6.92 Å². The predicted molar refractivity (Wildman–Crippen MR) is 97.7 cm³/mol. The Labute approximate surface area is 152 Å². The van der Waals surface area contributed by atoms with Crippen molar-refractivity contribution in [3.63, 3.8) is 0 Å². The van der Waals surface area contributed by atoms with E-state index in [0.29, 0.717) is 16.0 Å². The molecule has 136 valence electrons. The van der Waals surface area contributed by atoms with Crippen LogP contribution in [0.2, 0.25) is 0 Å². The lowest BCUT2D eigenvalue weighted by atomic mass is 10.3. The number of hydrogen-bond donors (Lipinski definition) is 2. The van der Waals surface area contributed by atoms with Gasteiger partial charge in [-0.1, -0.05) is 11.3 Å². The van der Waals surface area contributed by atoms with E-state index in [9.17, 15) is 17.6 Å². The smallest absolute Gasteiger partial charge is 0.263 e. The third kappa shape index (κ3) is 3.75. The Balaban J connectivity index is 1.94. The van der Waals surface area contributed by atoms with Crippen molar-refractivity contribution in [1.82, 2.24) is 4.98 Å². The van der Waals surface area contributed by atoms with E-state index in [4.69, 9.17) is 4.74 Å². The van der Waals surface area contributed by atoms with E-state index >= 15 is 0 Å². The van der Waals surface area contributed by atoms with Crippen molar-refractivity contribution in [1.29, 1.82) is 0 Å². The van der Waals surface area contributed by atoms with Crippen molar-refractivity contribution in [2.75, 3.05) is 17.1 Å². The molecule has 0 aliphatic heterocycles. The van der Waals surface area contributed by atoms with Crippen molar-refractivity contribution in [3.8, 4) is 5.75 Å². The Bertz CT molecular complexity index is 1100. The number of carbonyl (C=O) groups is 1. The number of ether oxygens (including phenoxy) is 1. The number of anilines is 2. The number of amides is 1. The first-order valence-electron chi connectivity index (χ1n) is 7.33. The number of nitrogens with zero attached hydrogens (tertiary/aromatic N) is 1. The summed E-state index contributed by atoms with van der Waals surface area (Å²) in [6.07, 6.45) is 0. The van der Waals surface area contributed by atoms with Crippen LogP contribution in [0.15, 0.2) is 41.3 Å². The average molecular weight is 395 g/mol. The standard InChI is InChI=1S/C16H14FN3O4S2/c1-9(21)18-13-8-11(4-6-14(13)24-2)26(22,23)20-16-19-12-5-3-10(17)7-15(12)25-16/h3-8H,1-2H3,(H,18,21)(H,19,20). The number of rotatable bonds is 5. The molecule has 1 aromatic heterocycles. The van der Waals surface area contributed by atoms with Gasteiger partial charge >= 0.3 is 0 Å². The maximum Gasteiger partial charge on any atom is 0.263 e. The van der Waals surface area contributed by atoms with E-state index in [-0.39, 0.29) is 21.6 Å². The van der Waals surface area contributed by atoms with Gasteiger partial charge in [0.15, 0.2) is 5.13 Å². The fraction of sp³-hybridized carbons (Fsp3) is 0.125. The van der Waals surface area contributed by atoms with Crippen LogP contribution in [0.3, 0.4) is 0 Å². The number of halogens is 1. The summed E-state index contributed by atoms with van der Waals surface area (Å²) in [4.78, 5) is 15.3. The van der Waals surface area contributed by atoms with E-state index in [1.165, 1.54) is 50.4 Å². The van der Waals surface area contributed by atoms with Gasteiger partial charge < -0.3 is 10.1 Å². The SMILES string of the molecule is COc1ccc(S(=O)(=O)Nc2nc3ccc(F)cc3s2)cc1NC(C)=O. The van der Waals surface area contributed by atoms with Gasteiger partial charge in [0.25, 0.3) is 10.0 Å². The summed E-state index contributed by atoms with van der Waals surface area (Å²) in [6.45, 7) is 1.30. The monoisotopic (exact) mass is 395 g/mol. The molecule has 0 saturated heterocycles. The van der Waals surface area contributed by atoms with Crippen molar-refractivity contribution < 1.29 is 22.3 Å². The molecule has 26 heavy (non-hydrogen) atoms. The molecule has 0 radical (unpaired) electrons. The Kier molecular flexibility index (Phi) is 4.79. The Morgan fingerprint density at radius 3 is 2.69 bits per heavy atom. The number of fused-ring (bicyclic) bond motifs is 1. The Morgan fingerprint density at radius 1 is 1.23 bits per heavy atom. The first-order chi connectivity index (χ1) is 12.3. The van der Waals surface area contributed by atoms with E-state index in [1.807, 2.05) is 0 Å². The minimum Gasteiger partial charge on any atom is -0.495 e. The van der Waals surface area contributed by atoms with Crippen LogP contribution in [0.4, 0.5) is 15.2 Å². The molecule has 0 unspecified atom stereocenters. The predicted octanol–water partition coefficient (Wildman–Crippen LogP) is 3.20. The van der Waals surface area contributed by atoms with E-state index in [0.717, 1.165) is 11.3 Å². The molecule has 3 aromatic rings. The topological polar surface area (TPSA) is 97.4 Å². The summed E-state index contributed by atoms with van der Waals surface area (Å²) in [5.41, 5.74) is 0.719. The van der Waals surface area contributed by atoms with Crippen molar-refractivity contribution in [2.24, 2.45) is 0 Å². The van der Waals surface area contributed by atoms with Crippen LogP contribution in [-0.4, -0.2) is 26.4 Å². The van der Waals surface area contributed by atoms with Gasteiger partial charge in [-0.15, -0.1) is 0 Å². The molecule has 1 amide bonds. The van der Waals surface area contributed by atoms with E-state index in [2.05, 4.69) is 15.0 Å². The van der Waals surface area contributed by atoms with Gasteiger partial charge in [0, 0.05) is 6.92 Å². The number of carbonyl (C=O) groups excluding carboxylic acids is 1. The highest BCUT2D eigenvalue weighted by Gasteiger charge is 2.19. The molecule has 1 heterocycles. The van der Waals surface area contributed by atoms with Gasteiger partial charge in [-0.05, 0) is 36.4 Å². The van der Waals surface area contributed by atoms with Crippen LogP contribution in [-0.2, 0) is 14.8 Å². The molecule has 2 N–H and O–H groups in total. The van der Waals surface area contributed by atoms with Crippen LogP contribution in [0.5, 0.6) is 5.75 Å². The van der Waals surface area contributed by atoms with E-state index in [1.54, 1.807) is 0 Å². The summed E-state index contributed by atoms with van der Waals surface area (Å²) in [7, 11) is -2.55. The molecule has 7 nitrogen and oxygen atoms in total. The second-order valence-corrected chi connectivity index (χ2v) is 7.99. The molecular formula is C16H14FN3O4S2. The quantitative estimate of drug-likeness (QED) is 0.691.